The van der Waals surface area contributed by atoms with Crippen LogP contribution in [0.2, 0.25) is 10.0 Å². The average Bonchev–Trinajstić information content (AvgIpc) is 2.83. The number of hydrogen-bond acceptors (Lipinski definition) is 3. The highest BCUT2D eigenvalue weighted by molar-refractivity contribution is 6.46. The summed E-state index contributed by atoms with van der Waals surface area (Å²) in [6, 6.07) is 1.95. The summed E-state index contributed by atoms with van der Waals surface area (Å²) in [6.45, 7) is 3.96. The van der Waals surface area contributed by atoms with Gasteiger partial charge in [-0.2, -0.15) is 0 Å². The van der Waals surface area contributed by atoms with E-state index in [1.807, 2.05) is 6.07 Å². The first kappa shape index (κ1) is 13.9. The summed E-state index contributed by atoms with van der Waals surface area (Å²) < 4.78 is 5.32. The zero-order valence-electron chi connectivity index (χ0n) is 11.8. The van der Waals surface area contributed by atoms with E-state index in [2.05, 4.69) is 18.9 Å². The van der Waals surface area contributed by atoms with Gasteiger partial charge < -0.3 is 4.74 Å². The number of benzene rings is 1. The van der Waals surface area contributed by atoms with Crippen LogP contribution < -0.4 is 4.74 Å². The molecular weight excluding hydrogens is 295 g/mol. The molecule has 0 saturated carbocycles. The molecule has 0 radical (unpaired) electrons. The highest BCUT2D eigenvalue weighted by atomic mass is 35.5. The molecule has 0 unspecified atom stereocenters. The van der Waals surface area contributed by atoms with Crippen LogP contribution in [0.1, 0.15) is 23.7 Å². The number of halogens is 2. The van der Waals surface area contributed by atoms with Crippen LogP contribution in [0.15, 0.2) is 6.07 Å². The SMILES string of the molecule is CCc1nc2c(Cl)c(Cl)c(OC)cc2c2c1CN(C)C2. The van der Waals surface area contributed by atoms with Gasteiger partial charge in [-0.3, -0.25) is 9.88 Å². The molecule has 2 heterocycles. The van der Waals surface area contributed by atoms with E-state index in [9.17, 15) is 0 Å². The fourth-order valence-electron chi connectivity index (χ4n) is 2.88. The number of fused-ring (bicyclic) bond motifs is 3. The Morgan fingerprint density at radius 2 is 1.95 bits per heavy atom. The Hall–Kier alpha value is -1.03. The van der Waals surface area contributed by atoms with Crippen LogP contribution in [0.5, 0.6) is 5.75 Å². The van der Waals surface area contributed by atoms with Crippen molar-refractivity contribution in [1.29, 1.82) is 0 Å². The number of methoxy groups -OCH3 is 1. The fraction of sp³-hybridized carbons (Fsp3) is 0.400. The minimum absolute atomic E-state index is 0.433. The van der Waals surface area contributed by atoms with Crippen LogP contribution in [0.25, 0.3) is 10.9 Å². The largest absolute Gasteiger partial charge is 0.495 e. The smallest absolute Gasteiger partial charge is 0.139 e. The average molecular weight is 311 g/mol. The van der Waals surface area contributed by atoms with E-state index in [-0.39, 0.29) is 0 Å². The van der Waals surface area contributed by atoms with Gasteiger partial charge in [-0.05, 0) is 30.7 Å². The van der Waals surface area contributed by atoms with Crippen molar-refractivity contribution in [3.63, 3.8) is 0 Å². The van der Waals surface area contributed by atoms with Gasteiger partial charge in [0, 0.05) is 24.2 Å². The van der Waals surface area contributed by atoms with Gasteiger partial charge in [0.05, 0.1) is 17.6 Å². The Kier molecular flexibility index (Phi) is 3.53. The summed E-state index contributed by atoms with van der Waals surface area (Å²) in [7, 11) is 3.71. The summed E-state index contributed by atoms with van der Waals surface area (Å²) in [4.78, 5) is 7.01. The van der Waals surface area contributed by atoms with Crippen molar-refractivity contribution < 1.29 is 4.74 Å². The number of rotatable bonds is 2. The predicted octanol–water partition coefficient (Wildman–Crippen LogP) is 4.06. The van der Waals surface area contributed by atoms with E-state index in [0.717, 1.165) is 36.1 Å². The van der Waals surface area contributed by atoms with Crippen LogP contribution in [-0.4, -0.2) is 24.0 Å². The Balaban J connectivity index is 2.40. The van der Waals surface area contributed by atoms with Crippen molar-refractivity contribution in [3.05, 3.63) is 32.9 Å². The molecule has 0 spiro atoms. The predicted molar refractivity (Wildman–Crippen MR) is 82.9 cm³/mol. The summed E-state index contributed by atoms with van der Waals surface area (Å²) >= 11 is 12.6. The lowest BCUT2D eigenvalue weighted by atomic mass is 10.0. The highest BCUT2D eigenvalue weighted by Crippen LogP contribution is 2.41. The van der Waals surface area contributed by atoms with Crippen LogP contribution in [0, 0.1) is 0 Å². The second-order valence-electron chi connectivity index (χ2n) is 5.14. The van der Waals surface area contributed by atoms with Crippen molar-refractivity contribution in [2.45, 2.75) is 26.4 Å². The monoisotopic (exact) mass is 310 g/mol. The third kappa shape index (κ3) is 1.96. The molecule has 1 aromatic heterocycles. The highest BCUT2D eigenvalue weighted by Gasteiger charge is 2.25. The van der Waals surface area contributed by atoms with Crippen LogP contribution in [0.3, 0.4) is 0 Å². The Morgan fingerprint density at radius 1 is 1.25 bits per heavy atom. The van der Waals surface area contributed by atoms with E-state index in [4.69, 9.17) is 32.9 Å². The van der Waals surface area contributed by atoms with Crippen molar-refractivity contribution in [2.75, 3.05) is 14.2 Å². The zero-order valence-corrected chi connectivity index (χ0v) is 13.3. The molecule has 20 heavy (non-hydrogen) atoms. The van der Waals surface area contributed by atoms with Gasteiger partial charge in [0.25, 0.3) is 0 Å². The van der Waals surface area contributed by atoms with Gasteiger partial charge in [0.2, 0.25) is 0 Å². The van der Waals surface area contributed by atoms with Crippen LogP contribution in [0.4, 0.5) is 0 Å². The summed E-state index contributed by atoms with van der Waals surface area (Å²) in [5, 5.41) is 1.96. The first-order valence-electron chi connectivity index (χ1n) is 6.61. The van der Waals surface area contributed by atoms with E-state index >= 15 is 0 Å². The molecule has 1 aliphatic heterocycles. The van der Waals surface area contributed by atoms with E-state index in [0.29, 0.717) is 15.8 Å². The van der Waals surface area contributed by atoms with E-state index in [1.165, 1.54) is 11.1 Å². The number of pyridine rings is 1. The van der Waals surface area contributed by atoms with Crippen molar-refractivity contribution in [3.8, 4) is 5.75 Å². The third-order valence-corrected chi connectivity index (χ3v) is 4.68. The summed E-state index contributed by atoms with van der Waals surface area (Å²) in [6.07, 6.45) is 0.895. The first-order chi connectivity index (χ1) is 9.56. The van der Waals surface area contributed by atoms with Crippen LogP contribution >= 0.6 is 23.2 Å². The maximum atomic E-state index is 6.39. The molecule has 1 aliphatic rings. The number of nitrogens with zero attached hydrogens (tertiary/aromatic N) is 2. The number of aryl methyl sites for hydroxylation is 1. The molecule has 0 fully saturated rings. The summed E-state index contributed by atoms with van der Waals surface area (Å²) in [5.41, 5.74) is 4.51. The second kappa shape index (κ2) is 5.06. The maximum Gasteiger partial charge on any atom is 0.139 e. The second-order valence-corrected chi connectivity index (χ2v) is 5.90. The van der Waals surface area contributed by atoms with Crippen LogP contribution in [-0.2, 0) is 19.5 Å². The van der Waals surface area contributed by atoms with Crippen molar-refractivity contribution >= 4 is 34.1 Å². The number of ether oxygens (including phenoxy) is 1. The van der Waals surface area contributed by atoms with Crippen molar-refractivity contribution in [2.24, 2.45) is 0 Å². The Labute approximate surface area is 128 Å². The van der Waals surface area contributed by atoms with Gasteiger partial charge in [0.15, 0.2) is 0 Å². The molecule has 106 valence electrons. The Morgan fingerprint density at radius 3 is 2.60 bits per heavy atom. The molecule has 0 aliphatic carbocycles. The maximum absolute atomic E-state index is 6.39. The van der Waals surface area contributed by atoms with Gasteiger partial charge in [0.1, 0.15) is 10.8 Å². The minimum atomic E-state index is 0.433. The summed E-state index contributed by atoms with van der Waals surface area (Å²) in [5.74, 6) is 0.604. The van der Waals surface area contributed by atoms with Gasteiger partial charge >= 0.3 is 0 Å². The molecule has 0 atom stereocenters. The molecule has 0 N–H and O–H groups in total. The van der Waals surface area contributed by atoms with Gasteiger partial charge in [-0.25, -0.2) is 0 Å². The lowest BCUT2D eigenvalue weighted by Crippen LogP contribution is -2.08. The number of aromatic nitrogens is 1. The first-order valence-corrected chi connectivity index (χ1v) is 7.37. The lowest BCUT2D eigenvalue weighted by Gasteiger charge is -2.13. The lowest BCUT2D eigenvalue weighted by molar-refractivity contribution is 0.353. The van der Waals surface area contributed by atoms with Gasteiger partial charge in [-0.15, -0.1) is 0 Å². The Bertz CT molecular complexity index is 700. The molecule has 0 amide bonds. The fourth-order valence-corrected chi connectivity index (χ4v) is 3.33. The molecule has 5 heteroatoms. The van der Waals surface area contributed by atoms with Crippen molar-refractivity contribution in [1.82, 2.24) is 9.88 Å². The van der Waals surface area contributed by atoms with E-state index in [1.54, 1.807) is 7.11 Å². The molecule has 0 saturated heterocycles. The molecule has 1 aromatic carbocycles. The minimum Gasteiger partial charge on any atom is -0.495 e. The quantitative estimate of drug-likeness (QED) is 0.836. The topological polar surface area (TPSA) is 25.4 Å². The third-order valence-electron chi connectivity index (χ3n) is 3.84. The molecular formula is C15H16Cl2N2O. The molecule has 3 rings (SSSR count). The normalized spacial score (nSPS) is 14.8. The molecule has 3 nitrogen and oxygen atoms in total. The number of hydrogen-bond donors (Lipinski definition) is 0. The van der Waals surface area contributed by atoms with E-state index < -0.39 is 0 Å². The molecule has 0 bridgehead atoms. The standard InChI is InChI=1S/C15H16Cl2N2O/c1-4-11-10-7-19(2)6-9(10)8-5-12(20-3)13(16)14(17)15(8)18-11/h5H,4,6-7H2,1-3H3. The molecule has 2 aromatic rings. The van der Waals surface area contributed by atoms with Gasteiger partial charge in [-0.1, -0.05) is 30.1 Å². The zero-order chi connectivity index (χ0) is 14.4.